The third kappa shape index (κ3) is 7.56. The Morgan fingerprint density at radius 1 is 0.561 bits per heavy atom. The second kappa shape index (κ2) is 12.0. The van der Waals surface area contributed by atoms with Gasteiger partial charge in [-0.3, -0.25) is 10.6 Å². The van der Waals surface area contributed by atoms with Crippen molar-refractivity contribution in [2.75, 3.05) is 10.6 Å². The van der Waals surface area contributed by atoms with Gasteiger partial charge in [-0.15, -0.1) is 0 Å². The van der Waals surface area contributed by atoms with Gasteiger partial charge in [0.15, 0.2) is 12.4 Å². The number of hydrogen-bond acceptors (Lipinski definition) is 7. The van der Waals surface area contributed by atoms with Crippen LogP contribution in [0.4, 0.5) is 37.7 Å². The lowest BCUT2D eigenvalue weighted by Crippen LogP contribution is -2.08. The zero-order chi connectivity index (χ0) is 29.6. The molecule has 208 valence electrons. The van der Waals surface area contributed by atoms with Crippen molar-refractivity contribution in [3.05, 3.63) is 96.1 Å². The first-order chi connectivity index (χ1) is 19.5. The zero-order valence-corrected chi connectivity index (χ0v) is 21.3. The highest BCUT2D eigenvalue weighted by atomic mass is 32.2. The molecule has 0 radical (unpaired) electrons. The van der Waals surface area contributed by atoms with Crippen LogP contribution in [0.25, 0.3) is 0 Å². The average Bonchev–Trinajstić information content (AvgIpc) is 2.92. The molecule has 0 unspecified atom stereocenters. The Kier molecular flexibility index (Phi) is 8.50. The molecule has 4 aromatic carbocycles. The molecule has 0 amide bonds. The normalized spacial score (nSPS) is 11.2. The van der Waals surface area contributed by atoms with E-state index in [0.29, 0.717) is 0 Å². The fourth-order valence-corrected chi connectivity index (χ4v) is 4.32. The molecular weight excluding hydrogens is 570 g/mol. The third-order valence-corrected chi connectivity index (χ3v) is 6.32. The Labute approximate surface area is 233 Å². The molecule has 0 saturated carbocycles. The van der Waals surface area contributed by atoms with Crippen molar-refractivity contribution in [1.29, 1.82) is 10.5 Å². The minimum absolute atomic E-state index is 0.0260. The van der Waals surface area contributed by atoms with E-state index >= 15 is 0 Å². The summed E-state index contributed by atoms with van der Waals surface area (Å²) >= 11 is 1.30. The SMILES string of the molecule is N#CNc1ccc(Oc2ccc(Sc3ccc(Oc4ccc(NC#N)cc4C(F)(F)F)cc3)cc2)c(C(F)(F)F)c1. The standard InChI is InChI=1S/C28H16F6N4O2S/c29-27(30,31)23-13-17(37-15-35)1-11-25(23)39-19-3-7-21(8-4-19)41-22-9-5-20(6-10-22)40-26-12-2-18(38-16-36)14-24(26)28(32,33)34/h1-14,37-38H. The minimum Gasteiger partial charge on any atom is -0.457 e. The number of nitriles is 2. The van der Waals surface area contributed by atoms with Gasteiger partial charge in [-0.1, -0.05) is 11.8 Å². The highest BCUT2D eigenvalue weighted by Gasteiger charge is 2.36. The Hall–Kier alpha value is -5.01. The molecule has 13 heteroatoms. The lowest BCUT2D eigenvalue weighted by Gasteiger charge is -2.15. The summed E-state index contributed by atoms with van der Waals surface area (Å²) in [5, 5.41) is 21.6. The van der Waals surface area contributed by atoms with E-state index in [4.69, 9.17) is 20.0 Å². The van der Waals surface area contributed by atoms with Gasteiger partial charge in [-0.2, -0.15) is 36.9 Å². The summed E-state index contributed by atoms with van der Waals surface area (Å²) in [5.74, 6) is -0.551. The van der Waals surface area contributed by atoms with Crippen molar-refractivity contribution in [3.8, 4) is 35.4 Å². The van der Waals surface area contributed by atoms with Gasteiger partial charge in [0.25, 0.3) is 0 Å². The fraction of sp³-hybridized carbons (Fsp3) is 0.0714. The summed E-state index contributed by atoms with van der Waals surface area (Å²) in [7, 11) is 0. The summed E-state index contributed by atoms with van der Waals surface area (Å²) in [6.07, 6.45) is -6.28. The van der Waals surface area contributed by atoms with E-state index in [1.807, 2.05) is 0 Å². The van der Waals surface area contributed by atoms with E-state index < -0.39 is 35.0 Å². The van der Waals surface area contributed by atoms with Crippen molar-refractivity contribution in [2.24, 2.45) is 0 Å². The number of anilines is 2. The molecule has 0 aliphatic rings. The fourth-order valence-electron chi connectivity index (χ4n) is 3.51. The van der Waals surface area contributed by atoms with E-state index in [1.54, 1.807) is 36.7 Å². The van der Waals surface area contributed by atoms with E-state index in [-0.39, 0.29) is 22.9 Å². The van der Waals surface area contributed by atoms with Gasteiger partial charge in [0.2, 0.25) is 0 Å². The molecule has 4 rings (SSSR count). The molecule has 0 aromatic heterocycles. The van der Waals surface area contributed by atoms with Crippen LogP contribution in [0.5, 0.6) is 23.0 Å². The number of nitrogens with one attached hydrogen (secondary N) is 2. The summed E-state index contributed by atoms with van der Waals surface area (Å²) < 4.78 is 91.8. The Morgan fingerprint density at radius 2 is 0.927 bits per heavy atom. The molecule has 0 spiro atoms. The molecule has 0 bridgehead atoms. The monoisotopic (exact) mass is 586 g/mol. The Bertz CT molecular complexity index is 1490. The smallest absolute Gasteiger partial charge is 0.420 e. The van der Waals surface area contributed by atoms with Crippen LogP contribution in [-0.2, 0) is 12.4 Å². The number of nitrogens with zero attached hydrogens (tertiary/aromatic N) is 2. The van der Waals surface area contributed by atoms with Crippen LogP contribution >= 0.6 is 11.8 Å². The Morgan fingerprint density at radius 3 is 1.24 bits per heavy atom. The van der Waals surface area contributed by atoms with E-state index in [2.05, 4.69) is 10.6 Å². The first-order valence-electron chi connectivity index (χ1n) is 11.4. The van der Waals surface area contributed by atoms with Crippen molar-refractivity contribution in [1.82, 2.24) is 0 Å². The number of ether oxygens (including phenoxy) is 2. The van der Waals surface area contributed by atoms with Gasteiger partial charge in [0.05, 0.1) is 0 Å². The minimum atomic E-state index is -4.71. The first kappa shape index (κ1) is 29.0. The van der Waals surface area contributed by atoms with Crippen LogP contribution in [0.1, 0.15) is 11.1 Å². The molecule has 41 heavy (non-hydrogen) atoms. The van der Waals surface area contributed by atoms with Crippen LogP contribution in [-0.4, -0.2) is 0 Å². The molecule has 0 fully saturated rings. The molecule has 4 aromatic rings. The number of halogens is 6. The third-order valence-electron chi connectivity index (χ3n) is 5.31. The van der Waals surface area contributed by atoms with Gasteiger partial charge in [0.1, 0.15) is 34.1 Å². The predicted octanol–water partition coefficient (Wildman–Crippen LogP) is 9.25. The number of benzene rings is 4. The number of alkyl halides is 6. The molecule has 0 aliphatic heterocycles. The Balaban J connectivity index is 1.44. The summed E-state index contributed by atoms with van der Waals surface area (Å²) in [6.45, 7) is 0. The molecular formula is C28H16F6N4O2S. The van der Waals surface area contributed by atoms with E-state index in [1.165, 1.54) is 48.2 Å². The average molecular weight is 587 g/mol. The van der Waals surface area contributed by atoms with Crippen molar-refractivity contribution in [2.45, 2.75) is 22.1 Å². The first-order valence-corrected chi connectivity index (χ1v) is 12.2. The van der Waals surface area contributed by atoms with Crippen molar-refractivity contribution in [3.63, 3.8) is 0 Å². The van der Waals surface area contributed by atoms with Crippen LogP contribution in [0.3, 0.4) is 0 Å². The number of hydrogen-bond donors (Lipinski definition) is 2. The summed E-state index contributed by atoms with van der Waals surface area (Å²) in [4.78, 5) is 1.44. The number of rotatable bonds is 8. The van der Waals surface area contributed by atoms with Crippen LogP contribution < -0.4 is 20.1 Å². The highest BCUT2D eigenvalue weighted by Crippen LogP contribution is 2.41. The maximum atomic E-state index is 13.5. The van der Waals surface area contributed by atoms with Gasteiger partial charge < -0.3 is 9.47 Å². The quantitative estimate of drug-likeness (QED) is 0.121. The second-order valence-electron chi connectivity index (χ2n) is 8.14. The molecule has 0 atom stereocenters. The van der Waals surface area contributed by atoms with Crippen molar-refractivity contribution >= 4 is 23.1 Å². The lowest BCUT2D eigenvalue weighted by molar-refractivity contribution is -0.139. The topological polar surface area (TPSA) is 90.1 Å². The largest absolute Gasteiger partial charge is 0.457 e. The molecule has 2 N–H and O–H groups in total. The van der Waals surface area contributed by atoms with Gasteiger partial charge in [-0.05, 0) is 84.9 Å². The van der Waals surface area contributed by atoms with Crippen LogP contribution in [0.2, 0.25) is 0 Å². The second-order valence-corrected chi connectivity index (χ2v) is 9.29. The molecule has 6 nitrogen and oxygen atoms in total. The van der Waals surface area contributed by atoms with Gasteiger partial charge >= 0.3 is 12.4 Å². The van der Waals surface area contributed by atoms with E-state index in [0.717, 1.165) is 34.1 Å². The summed E-state index contributed by atoms with van der Waals surface area (Å²) in [6, 6.07) is 18.9. The molecule has 0 saturated heterocycles. The summed E-state index contributed by atoms with van der Waals surface area (Å²) in [5.41, 5.74) is -2.14. The van der Waals surface area contributed by atoms with E-state index in [9.17, 15) is 26.3 Å². The lowest BCUT2D eigenvalue weighted by atomic mass is 10.1. The maximum Gasteiger partial charge on any atom is 0.420 e. The predicted molar refractivity (Wildman–Crippen MR) is 139 cm³/mol. The van der Waals surface area contributed by atoms with Crippen LogP contribution in [0, 0.1) is 22.9 Å². The van der Waals surface area contributed by atoms with Crippen LogP contribution in [0.15, 0.2) is 94.7 Å². The highest BCUT2D eigenvalue weighted by molar-refractivity contribution is 7.99. The molecule has 0 aliphatic carbocycles. The van der Waals surface area contributed by atoms with Gasteiger partial charge in [0, 0.05) is 21.2 Å². The van der Waals surface area contributed by atoms with Gasteiger partial charge in [-0.25, -0.2) is 0 Å². The molecule has 0 heterocycles. The van der Waals surface area contributed by atoms with Crippen molar-refractivity contribution < 1.29 is 35.8 Å². The maximum absolute atomic E-state index is 13.5. The zero-order valence-electron chi connectivity index (χ0n) is 20.5.